The first kappa shape index (κ1) is 25.6. The first-order valence-corrected chi connectivity index (χ1v) is 11.6. The molecule has 1 aromatic carbocycles. The number of aliphatic hydroxyl groups is 2. The number of halogens is 3. The molecule has 0 spiro atoms. The van der Waals surface area contributed by atoms with Gasteiger partial charge in [0.05, 0.1) is 17.2 Å². The van der Waals surface area contributed by atoms with E-state index in [-0.39, 0.29) is 11.5 Å². The van der Waals surface area contributed by atoms with E-state index in [0.717, 1.165) is 11.6 Å². The summed E-state index contributed by atoms with van der Waals surface area (Å²) in [6, 6.07) is 2.89. The zero-order valence-electron chi connectivity index (χ0n) is 20.1. The number of fused-ring (bicyclic) bond motifs is 1. The van der Waals surface area contributed by atoms with Crippen LogP contribution in [0.4, 0.5) is 24.8 Å². The van der Waals surface area contributed by atoms with Gasteiger partial charge in [0.15, 0.2) is 6.23 Å². The second-order valence-corrected chi connectivity index (χ2v) is 8.91. The van der Waals surface area contributed by atoms with Crippen LogP contribution in [0, 0.1) is 12.7 Å². The van der Waals surface area contributed by atoms with Crippen LogP contribution in [0.1, 0.15) is 48.8 Å². The second kappa shape index (κ2) is 9.90. The van der Waals surface area contributed by atoms with Gasteiger partial charge in [0, 0.05) is 31.1 Å². The number of alkyl halides is 2. The van der Waals surface area contributed by atoms with Gasteiger partial charge in [0.2, 0.25) is 5.91 Å². The number of benzene rings is 1. The van der Waals surface area contributed by atoms with Crippen molar-refractivity contribution in [3.8, 4) is 0 Å². The van der Waals surface area contributed by atoms with Gasteiger partial charge in [-0.1, -0.05) is 18.2 Å². The molecule has 8 nitrogen and oxygen atoms in total. The first-order chi connectivity index (χ1) is 17.0. The molecule has 2 aliphatic rings. The van der Waals surface area contributed by atoms with Crippen LogP contribution in [0.25, 0.3) is 6.08 Å². The van der Waals surface area contributed by atoms with Gasteiger partial charge < -0.3 is 25.7 Å². The van der Waals surface area contributed by atoms with E-state index >= 15 is 4.39 Å². The average molecular weight is 504 g/mol. The highest BCUT2D eigenvalue weighted by atomic mass is 19.3. The van der Waals surface area contributed by atoms with Crippen molar-refractivity contribution in [2.24, 2.45) is 0 Å². The Balaban J connectivity index is 1.68. The number of nitrogens with one attached hydrogen (secondary N) is 2. The number of aromatic nitrogens is 2. The summed E-state index contributed by atoms with van der Waals surface area (Å²) in [5, 5.41) is 25.8. The Kier molecular flexibility index (Phi) is 7.05. The normalized spacial score (nSPS) is 18.6. The van der Waals surface area contributed by atoms with Crippen molar-refractivity contribution in [1.82, 2.24) is 14.9 Å². The number of rotatable bonds is 6. The summed E-state index contributed by atoms with van der Waals surface area (Å²) in [7, 11) is 0. The molecule has 0 saturated carbocycles. The van der Waals surface area contributed by atoms with E-state index in [0.29, 0.717) is 48.1 Å². The van der Waals surface area contributed by atoms with Gasteiger partial charge in [-0.05, 0) is 38.0 Å². The maximum absolute atomic E-state index is 15.0. The molecule has 3 heterocycles. The highest BCUT2D eigenvalue weighted by Gasteiger charge is 2.35. The number of anilines is 2. The smallest absolute Gasteiger partial charge is 0.298 e. The van der Waals surface area contributed by atoms with E-state index in [1.807, 2.05) is 6.08 Å². The number of hydrogen-bond donors (Lipinski definition) is 4. The largest absolute Gasteiger partial charge is 0.390 e. The Morgan fingerprint density at radius 2 is 2.11 bits per heavy atom. The molecule has 1 amide bonds. The van der Waals surface area contributed by atoms with E-state index in [1.165, 1.54) is 19.1 Å². The molecular formula is C25H28F3N5O3. The van der Waals surface area contributed by atoms with Crippen LogP contribution in [-0.4, -0.2) is 56.9 Å². The second-order valence-electron chi connectivity index (χ2n) is 8.91. The number of aryl methyl sites for hydroxylation is 1. The highest BCUT2D eigenvalue weighted by Crippen LogP contribution is 2.37. The monoisotopic (exact) mass is 503 g/mol. The topological polar surface area (TPSA) is 111 Å². The molecule has 4 rings (SSSR count). The quantitative estimate of drug-likeness (QED) is 0.478. The lowest BCUT2D eigenvalue weighted by Crippen LogP contribution is -2.35. The van der Waals surface area contributed by atoms with Gasteiger partial charge in [0.25, 0.3) is 5.92 Å². The van der Waals surface area contributed by atoms with E-state index in [4.69, 9.17) is 5.11 Å². The molecule has 0 radical (unpaired) electrons. The lowest BCUT2D eigenvalue weighted by atomic mass is 9.93. The summed E-state index contributed by atoms with van der Waals surface area (Å²) in [5.74, 6) is -3.75. The predicted octanol–water partition coefficient (Wildman–Crippen LogP) is 3.49. The third-order valence-corrected chi connectivity index (χ3v) is 6.39. The molecule has 192 valence electrons. The van der Waals surface area contributed by atoms with Crippen molar-refractivity contribution in [1.29, 1.82) is 0 Å². The summed E-state index contributed by atoms with van der Waals surface area (Å²) in [4.78, 5) is 22.1. The summed E-state index contributed by atoms with van der Waals surface area (Å²) in [6.07, 6.45) is 3.16. The first-order valence-electron chi connectivity index (χ1n) is 11.6. The summed E-state index contributed by atoms with van der Waals surface area (Å²) >= 11 is 0. The van der Waals surface area contributed by atoms with Crippen molar-refractivity contribution in [2.45, 2.75) is 45.4 Å². The van der Waals surface area contributed by atoms with Crippen LogP contribution in [0.2, 0.25) is 0 Å². The molecular weight excluding hydrogens is 475 g/mol. The zero-order valence-corrected chi connectivity index (χ0v) is 20.1. The van der Waals surface area contributed by atoms with Crippen LogP contribution >= 0.6 is 0 Å². The number of nitrogens with zero attached hydrogens (tertiary/aromatic N) is 3. The zero-order chi connectivity index (χ0) is 26.2. The van der Waals surface area contributed by atoms with Crippen LogP contribution in [0.15, 0.2) is 35.4 Å². The van der Waals surface area contributed by atoms with Crippen LogP contribution in [-0.2, 0) is 10.7 Å². The SMILES string of the molecule is CC(=O)N1CC=C(C2=Cc3c(nc(C)nc3N[C@H](C)c3cccc(C(F)(F)CO)c3F)NC2O)CC1. The Hall–Kier alpha value is -3.44. The maximum Gasteiger partial charge on any atom is 0.298 e. The Morgan fingerprint density at radius 3 is 2.75 bits per heavy atom. The molecule has 2 atom stereocenters. The molecule has 0 bridgehead atoms. The number of amides is 1. The standard InChI is InChI=1S/C25H28F3N5O3/c1-13(17-5-4-6-20(21(17)26)25(27,28)12-34)29-22-19-11-18(16-7-9-33(10-8-16)15(3)35)24(36)32-23(19)31-14(2)30-22/h4-7,11,13,24,34,36H,8-10,12H2,1-3H3,(H2,29,30,31,32)/t13-,24?/m1/s1. The van der Waals surface area contributed by atoms with Crippen molar-refractivity contribution in [3.63, 3.8) is 0 Å². The minimum Gasteiger partial charge on any atom is -0.390 e. The Bertz CT molecular complexity index is 1250. The Labute approximate surface area is 206 Å². The van der Waals surface area contributed by atoms with Crippen molar-refractivity contribution in [2.75, 3.05) is 30.3 Å². The average Bonchev–Trinajstić information content (AvgIpc) is 2.83. The van der Waals surface area contributed by atoms with Crippen LogP contribution in [0.5, 0.6) is 0 Å². The summed E-state index contributed by atoms with van der Waals surface area (Å²) in [5.41, 5.74) is 1.11. The van der Waals surface area contributed by atoms with Gasteiger partial charge in [-0.2, -0.15) is 8.78 Å². The lowest BCUT2D eigenvalue weighted by molar-refractivity contribution is -0.128. The van der Waals surface area contributed by atoms with Crippen LogP contribution in [0.3, 0.4) is 0 Å². The number of aliphatic hydroxyl groups excluding tert-OH is 2. The molecule has 2 aliphatic heterocycles. The fourth-order valence-electron chi connectivity index (χ4n) is 4.40. The van der Waals surface area contributed by atoms with Crippen molar-refractivity contribution in [3.05, 3.63) is 63.8 Å². The number of carbonyl (C=O) groups is 1. The molecule has 11 heteroatoms. The van der Waals surface area contributed by atoms with E-state index in [2.05, 4.69) is 20.6 Å². The fourth-order valence-corrected chi connectivity index (χ4v) is 4.40. The van der Waals surface area contributed by atoms with Gasteiger partial charge in [-0.25, -0.2) is 14.4 Å². The molecule has 0 fully saturated rings. The minimum atomic E-state index is -3.71. The van der Waals surface area contributed by atoms with Gasteiger partial charge in [-0.15, -0.1) is 0 Å². The maximum atomic E-state index is 15.0. The van der Waals surface area contributed by atoms with E-state index < -0.39 is 36.2 Å². The third kappa shape index (κ3) is 4.93. The van der Waals surface area contributed by atoms with Gasteiger partial charge in [-0.3, -0.25) is 4.79 Å². The summed E-state index contributed by atoms with van der Waals surface area (Å²) < 4.78 is 43.1. The molecule has 0 aliphatic carbocycles. The van der Waals surface area contributed by atoms with Crippen LogP contribution < -0.4 is 10.6 Å². The van der Waals surface area contributed by atoms with E-state index in [1.54, 1.807) is 24.8 Å². The minimum absolute atomic E-state index is 0.0158. The van der Waals surface area contributed by atoms with Gasteiger partial charge >= 0.3 is 0 Å². The predicted molar refractivity (Wildman–Crippen MR) is 129 cm³/mol. The number of carbonyl (C=O) groups excluding carboxylic acids is 1. The third-order valence-electron chi connectivity index (χ3n) is 6.39. The molecule has 2 aromatic rings. The van der Waals surface area contributed by atoms with Gasteiger partial charge in [0.1, 0.15) is 29.9 Å². The van der Waals surface area contributed by atoms with E-state index in [9.17, 15) is 18.7 Å². The Morgan fingerprint density at radius 1 is 1.36 bits per heavy atom. The van der Waals surface area contributed by atoms with Crippen molar-refractivity contribution < 1.29 is 28.2 Å². The molecule has 1 unspecified atom stereocenters. The highest BCUT2D eigenvalue weighted by molar-refractivity contribution is 5.80. The fraction of sp³-hybridized carbons (Fsp3) is 0.400. The molecule has 36 heavy (non-hydrogen) atoms. The molecule has 4 N–H and O–H groups in total. The van der Waals surface area contributed by atoms with Crippen molar-refractivity contribution >= 4 is 23.6 Å². The molecule has 1 aromatic heterocycles. The lowest BCUT2D eigenvalue weighted by Gasteiger charge is -2.31. The summed E-state index contributed by atoms with van der Waals surface area (Å²) in [6.45, 7) is 4.23. The molecule has 0 saturated heterocycles. The number of hydrogen-bond acceptors (Lipinski definition) is 7.